The summed E-state index contributed by atoms with van der Waals surface area (Å²) in [6.07, 6.45) is 4.83. The van der Waals surface area contributed by atoms with Crippen molar-refractivity contribution < 1.29 is 23.6 Å². The number of fused-ring (bicyclic) bond motifs is 6. The normalized spacial score (nSPS) is 11.7. The van der Waals surface area contributed by atoms with Crippen LogP contribution in [0.5, 0.6) is 0 Å². The number of anilines is 9. The topological polar surface area (TPSA) is 19.0 Å². The molecule has 0 radical (unpaired) electrons. The second kappa shape index (κ2) is 39.8. The Morgan fingerprint density at radius 3 is 0.667 bits per heavy atom. The standard InChI is InChI=1S/C64H46N2Si.C26H18BrN.C12H10Cl2Si.C4H8O.C4H9.Li/c1-3-23-61(24-4-1)67(62-25-5-2-6-26-62,63-39-35-55(36-40-63)65(57-31-27-47-15-7-11-19-51(47)43-57)58-32-28-48-16-8-12-20-52(48)44-58)64-41-37-56(38-42-64)66(59-33-29-49-17-9-13-21-53(49)45-59)60-34-30-50-18-10-14-22-54(50)46-60;27-23-11-15-24(16-12-23)28(25-13-9-19-5-1-3-7-21(19)17-25)26-14-10-20-6-2-4-8-22(20)18-26;13-15(14,11-7-3-1-4-8-11)12-9-5-2-6-10-12;1-2-4-5-3-1;1-3-4-2;/h1-46H;1-18H;1-10H;1-4H2;1,3-4H2,2H3;/q;;;;-1;+1. The van der Waals surface area contributed by atoms with Crippen LogP contribution in [0, 0.1) is 6.92 Å². The van der Waals surface area contributed by atoms with Crippen LogP contribution in [-0.2, 0) is 4.74 Å². The molecule has 0 spiro atoms. The van der Waals surface area contributed by atoms with Crippen LogP contribution in [-0.4, -0.2) is 28.0 Å². The molecule has 0 unspecified atom stereocenters. The number of hydrogen-bond donors (Lipinski definition) is 0. The fourth-order valence-electron chi connectivity index (χ4n) is 15.9. The van der Waals surface area contributed by atoms with E-state index in [0.29, 0.717) is 0 Å². The van der Waals surface area contributed by atoms with Crippen molar-refractivity contribution in [1.82, 2.24) is 0 Å². The predicted octanol–water partition coefficient (Wildman–Crippen LogP) is 25.0. The van der Waals surface area contributed by atoms with Crippen LogP contribution in [0.4, 0.5) is 51.2 Å². The van der Waals surface area contributed by atoms with Crippen LogP contribution < -0.4 is 64.7 Å². The second-order valence-corrected chi connectivity index (χ2v) is 40.7. The summed E-state index contributed by atoms with van der Waals surface area (Å²) in [6, 6.07) is 161. The molecule has 19 aromatic rings. The van der Waals surface area contributed by atoms with Gasteiger partial charge in [0.1, 0.15) is 0 Å². The van der Waals surface area contributed by atoms with Gasteiger partial charge in [0.2, 0.25) is 0 Å². The van der Waals surface area contributed by atoms with E-state index in [-0.39, 0.29) is 18.9 Å². The van der Waals surface area contributed by atoms with E-state index in [1.807, 2.05) is 60.7 Å². The Labute approximate surface area is 737 Å². The first kappa shape index (κ1) is 83.3. The van der Waals surface area contributed by atoms with Crippen LogP contribution >= 0.6 is 38.1 Å². The molecule has 0 N–H and O–H groups in total. The Hall–Kier alpha value is -11.8. The van der Waals surface area contributed by atoms with Gasteiger partial charge in [-0.3, -0.25) is 0 Å². The minimum Gasteiger partial charge on any atom is -0.381 e. The molecule has 0 aliphatic carbocycles. The van der Waals surface area contributed by atoms with Crippen LogP contribution in [0.25, 0.3) is 64.6 Å². The molecule has 1 heterocycles. The smallest absolute Gasteiger partial charge is 0.381 e. The zero-order valence-electron chi connectivity index (χ0n) is 67.6. The summed E-state index contributed by atoms with van der Waals surface area (Å²) in [5.41, 5.74) is 10.1. The van der Waals surface area contributed by atoms with Crippen molar-refractivity contribution in [1.29, 1.82) is 0 Å². The molecule has 582 valence electrons. The molecule has 1 saturated heterocycles. The SMILES string of the molecule is Brc1ccc(N(c2ccc3ccccc3c2)c2ccc3ccccc3c2)cc1.C1CCOC1.Cl[Si](Cl)(c1ccccc1)c1ccccc1.[CH2-]CCC.[Li+].c1ccc([Si](c2ccccc2)(c2ccc(N(c3ccc4ccccc4c3)c3ccc4ccccc4c3)cc2)c2ccc(N(c3ccc4ccccc4c3)c3ccc4ccccc4c3)cc2)cc1. The van der Waals surface area contributed by atoms with E-state index in [2.05, 4.69) is 433 Å². The van der Waals surface area contributed by atoms with E-state index in [9.17, 15) is 0 Å². The molecule has 0 bridgehead atoms. The van der Waals surface area contributed by atoms with E-state index in [1.165, 1.54) is 105 Å². The molecule has 10 heteroatoms. The quantitative estimate of drug-likeness (QED) is 0.0415. The van der Waals surface area contributed by atoms with E-state index >= 15 is 0 Å². The summed E-state index contributed by atoms with van der Waals surface area (Å²) in [5, 5.41) is 22.1. The van der Waals surface area contributed by atoms with Crippen molar-refractivity contribution in [2.75, 3.05) is 27.9 Å². The van der Waals surface area contributed by atoms with E-state index in [4.69, 9.17) is 26.9 Å². The summed E-state index contributed by atoms with van der Waals surface area (Å²) in [5.74, 6) is 0. The zero-order valence-corrected chi connectivity index (χ0v) is 72.7. The molecule has 1 fully saturated rings. The molecule has 0 amide bonds. The fourth-order valence-corrected chi connectivity index (χ4v) is 23.9. The van der Waals surface area contributed by atoms with Gasteiger partial charge in [-0.2, -0.15) is 6.42 Å². The maximum absolute atomic E-state index is 6.49. The van der Waals surface area contributed by atoms with Gasteiger partial charge in [0.25, 0.3) is 0 Å². The third-order valence-corrected chi connectivity index (χ3v) is 32.1. The molecule has 1 aliphatic heterocycles. The maximum atomic E-state index is 6.49. The van der Waals surface area contributed by atoms with Gasteiger partial charge in [0.05, 0.1) is 0 Å². The molecule has 19 aromatic carbocycles. The third-order valence-electron chi connectivity index (χ3n) is 22.0. The molecule has 120 heavy (non-hydrogen) atoms. The van der Waals surface area contributed by atoms with Gasteiger partial charge in [-0.15, -0.1) is 22.2 Å². The first-order valence-corrected chi connectivity index (χ1v) is 47.7. The molecule has 4 nitrogen and oxygen atoms in total. The van der Waals surface area contributed by atoms with Crippen molar-refractivity contribution in [3.63, 3.8) is 0 Å². The average molecular weight is 1680 g/mol. The predicted molar refractivity (Wildman–Crippen MR) is 523 cm³/mol. The first-order chi connectivity index (χ1) is 58.6. The molecule has 0 saturated carbocycles. The van der Waals surface area contributed by atoms with Gasteiger partial charge in [-0.25, -0.2) is 0 Å². The van der Waals surface area contributed by atoms with Crippen LogP contribution in [0.3, 0.4) is 0 Å². The minimum absolute atomic E-state index is 0. The Kier molecular flexibility index (Phi) is 27.6. The number of rotatable bonds is 16. The van der Waals surface area contributed by atoms with Crippen molar-refractivity contribution in [3.8, 4) is 0 Å². The second-order valence-electron chi connectivity index (χ2n) is 29.7. The van der Waals surface area contributed by atoms with Gasteiger partial charge in [-0.05, 0) is 230 Å². The van der Waals surface area contributed by atoms with Crippen LogP contribution in [0.1, 0.15) is 32.6 Å². The summed E-state index contributed by atoms with van der Waals surface area (Å²) in [4.78, 5) is 7.12. The summed E-state index contributed by atoms with van der Waals surface area (Å²) >= 11 is 16.5. The van der Waals surface area contributed by atoms with Crippen LogP contribution in [0.15, 0.2) is 453 Å². The van der Waals surface area contributed by atoms with E-state index in [0.717, 1.165) is 85.7 Å². The number of ether oxygens (including phenoxy) is 1. The van der Waals surface area contributed by atoms with Gasteiger partial charge in [0, 0.05) is 68.9 Å². The zero-order chi connectivity index (χ0) is 81.2. The molecule has 0 atom stereocenters. The number of unbranched alkanes of at least 4 members (excludes halogenated alkanes) is 1. The van der Waals surface area contributed by atoms with Gasteiger partial charge in [0.15, 0.2) is 8.07 Å². The molecule has 20 rings (SSSR count). The third kappa shape index (κ3) is 19.1. The maximum Gasteiger partial charge on any atom is 1.00 e. The molecular formula is C110H91BrCl2LiN3OSi2. The van der Waals surface area contributed by atoms with Crippen molar-refractivity contribution in [2.45, 2.75) is 32.6 Å². The molecule has 0 aromatic heterocycles. The number of hydrogen-bond acceptors (Lipinski definition) is 4. The monoisotopic (exact) mass is 1680 g/mol. The largest absolute Gasteiger partial charge is 1.00 e. The summed E-state index contributed by atoms with van der Waals surface area (Å²) in [7, 11) is -2.91. The first-order valence-electron chi connectivity index (χ1n) is 40.9. The van der Waals surface area contributed by atoms with E-state index < -0.39 is 14.8 Å². The van der Waals surface area contributed by atoms with Gasteiger partial charge >= 0.3 is 25.6 Å². The minimum atomic E-state index is -2.91. The van der Waals surface area contributed by atoms with Crippen molar-refractivity contribution >= 4 is 200 Å². The van der Waals surface area contributed by atoms with Crippen molar-refractivity contribution in [2.24, 2.45) is 0 Å². The van der Waals surface area contributed by atoms with E-state index in [1.54, 1.807) is 0 Å². The Morgan fingerprint density at radius 2 is 0.450 bits per heavy atom. The summed E-state index contributed by atoms with van der Waals surface area (Å²) < 4.78 is 6.02. The molecular weight excluding hydrogens is 1590 g/mol. The van der Waals surface area contributed by atoms with Gasteiger partial charge < -0.3 is 26.4 Å². The van der Waals surface area contributed by atoms with Gasteiger partial charge in [-0.1, -0.05) is 357 Å². The molecule has 1 aliphatic rings. The summed E-state index contributed by atoms with van der Waals surface area (Å²) in [6.45, 7) is 5.21. The van der Waals surface area contributed by atoms with Crippen LogP contribution in [0.2, 0.25) is 0 Å². The van der Waals surface area contributed by atoms with Crippen molar-refractivity contribution in [3.05, 3.63) is 460 Å². The number of benzene rings is 19. The Balaban J connectivity index is 0.000000171. The average Bonchev–Trinajstić information content (AvgIpc) is 0.755. The number of nitrogens with zero attached hydrogens (tertiary/aromatic N) is 3. The Bertz CT molecular complexity index is 6030. The number of halogens is 3. The fraction of sp³-hybridized carbons (Fsp3) is 0.0636. The Morgan fingerprint density at radius 1 is 0.258 bits per heavy atom.